The van der Waals surface area contributed by atoms with Gasteiger partial charge in [-0.3, -0.25) is 0 Å². The van der Waals surface area contributed by atoms with Crippen LogP contribution in [-0.4, -0.2) is 9.97 Å². The van der Waals surface area contributed by atoms with Crippen LogP contribution in [0.3, 0.4) is 0 Å². The van der Waals surface area contributed by atoms with Crippen molar-refractivity contribution in [3.05, 3.63) is 401 Å². The minimum absolute atomic E-state index is 0.192. The summed E-state index contributed by atoms with van der Waals surface area (Å²) in [6.07, 6.45) is 0.913. The number of H-pyrrole nitrogens is 2. The van der Waals surface area contributed by atoms with E-state index in [0.29, 0.717) is 0 Å². The summed E-state index contributed by atoms with van der Waals surface area (Å²) in [6, 6.07) is 129. The Morgan fingerprint density at radius 1 is 0.239 bits per heavy atom. The van der Waals surface area contributed by atoms with Crippen LogP contribution >= 0.6 is 0 Å². The second-order valence-corrected chi connectivity index (χ2v) is 32.1. The number of hydrogen-bond donors (Lipinski definition) is 2. The third-order valence-electron chi connectivity index (χ3n) is 24.8. The predicted octanol–water partition coefficient (Wildman–Crippen LogP) is 28.2. The van der Waals surface area contributed by atoms with Gasteiger partial charge in [0.1, 0.15) is 0 Å². The standard InChI is InChI=1S/C106H79N3/c1-104(2)91-56-74(43-52-81(91)86-60-85-77(59-94(86)104)55-84(68-25-13-7-14-26-68)99(85)69-27-15-8-16-28-69)65-37-46-78(47-38-65)109(79-48-39-66(40-49-79)75-44-53-82-87-61-89-97(63-95(87)105(3,4)92(82)57-75)107-102(72-33-21-11-22-34-72)100(89)70-29-17-9-18-30-70)80-50-41-67(42-51-80)76-45-54-83-88-62-90-98(64-96(88)106(5,6)93(83)58-76)108-103(73-35-23-12-24-36-73)101(90)71-31-19-10-20-32-71/h7-54,56-64,107-108H,55H2,1-6H3. The van der Waals surface area contributed by atoms with Crippen molar-refractivity contribution in [3.8, 4) is 112 Å². The van der Waals surface area contributed by atoms with E-state index in [1.165, 1.54) is 178 Å². The normalized spacial score (nSPS) is 14.3. The van der Waals surface area contributed by atoms with E-state index in [-0.39, 0.29) is 16.2 Å². The van der Waals surface area contributed by atoms with Crippen molar-refractivity contribution >= 4 is 50.0 Å². The molecule has 17 aromatic rings. The molecule has 0 bridgehead atoms. The Morgan fingerprint density at radius 2 is 0.541 bits per heavy atom. The largest absolute Gasteiger partial charge is 0.354 e. The summed E-state index contributed by atoms with van der Waals surface area (Å²) < 4.78 is 0. The second kappa shape index (κ2) is 24.5. The van der Waals surface area contributed by atoms with Crippen LogP contribution in [0.4, 0.5) is 17.1 Å². The molecule has 0 fully saturated rings. The first kappa shape index (κ1) is 64.3. The van der Waals surface area contributed by atoms with Crippen molar-refractivity contribution in [2.75, 3.05) is 4.90 Å². The summed E-state index contributed by atoms with van der Waals surface area (Å²) >= 11 is 0. The first-order valence-electron chi connectivity index (χ1n) is 38.5. The van der Waals surface area contributed by atoms with Crippen molar-refractivity contribution in [1.29, 1.82) is 0 Å². The third kappa shape index (κ3) is 10.2. The molecule has 0 spiro atoms. The van der Waals surface area contributed by atoms with E-state index in [1.54, 1.807) is 0 Å². The molecule has 2 heterocycles. The SMILES string of the molecule is CC1(C)c2cc(-c3ccc(N(c4ccc(-c5ccc6c(c5)C(C)(C)c5cc7[nH]c(-c8ccccc8)c(-c8ccccc8)c7cc5-6)cc4)c4ccc(-c5ccc6c(c5)C(C)(C)c5cc7[nH]c(-c8ccccc8)c(-c8ccccc8)c7cc5-6)cc4)cc3)ccc2-c2cc3c(cc21)CC(c1ccccc1)=C3c1ccccc1. The van der Waals surface area contributed by atoms with Gasteiger partial charge < -0.3 is 14.9 Å². The zero-order valence-electron chi connectivity index (χ0n) is 62.1. The van der Waals surface area contributed by atoms with E-state index in [0.717, 1.165) is 45.9 Å². The third-order valence-corrected chi connectivity index (χ3v) is 24.8. The molecule has 0 amide bonds. The second-order valence-electron chi connectivity index (χ2n) is 32.1. The average Bonchev–Trinajstić information content (AvgIpc) is 1.57. The minimum atomic E-state index is -0.230. The number of allylic oxidation sites excluding steroid dienone is 1. The molecule has 21 rings (SSSR count). The van der Waals surface area contributed by atoms with Crippen molar-refractivity contribution in [1.82, 2.24) is 9.97 Å². The Kier molecular flexibility index (Phi) is 14.4. The molecule has 2 aromatic heterocycles. The number of benzene rings is 15. The Hall–Kier alpha value is -13.1. The molecule has 518 valence electrons. The molecular weight excluding hydrogens is 1320 g/mol. The highest BCUT2D eigenvalue weighted by atomic mass is 15.1. The van der Waals surface area contributed by atoms with Crippen LogP contribution in [0, 0.1) is 0 Å². The fourth-order valence-electron chi connectivity index (χ4n) is 19.2. The first-order chi connectivity index (χ1) is 53.3. The van der Waals surface area contributed by atoms with Gasteiger partial charge in [-0.05, 0) is 247 Å². The zero-order chi connectivity index (χ0) is 73.0. The van der Waals surface area contributed by atoms with Crippen LogP contribution in [0.15, 0.2) is 346 Å². The molecule has 15 aromatic carbocycles. The molecule has 0 saturated carbocycles. The van der Waals surface area contributed by atoms with Gasteiger partial charge in [0.15, 0.2) is 0 Å². The fourth-order valence-corrected chi connectivity index (χ4v) is 19.2. The molecule has 3 heteroatoms. The first-order valence-corrected chi connectivity index (χ1v) is 38.5. The smallest absolute Gasteiger partial charge is 0.0544 e. The van der Waals surface area contributed by atoms with Gasteiger partial charge in [-0.2, -0.15) is 0 Å². The molecule has 3 nitrogen and oxygen atoms in total. The summed E-state index contributed by atoms with van der Waals surface area (Å²) in [6.45, 7) is 14.4. The van der Waals surface area contributed by atoms with E-state index in [4.69, 9.17) is 0 Å². The number of aromatic nitrogens is 2. The molecule has 4 aliphatic rings. The van der Waals surface area contributed by atoms with Gasteiger partial charge in [-0.1, -0.05) is 302 Å². The van der Waals surface area contributed by atoms with Crippen LogP contribution in [0.5, 0.6) is 0 Å². The summed E-state index contributed by atoms with van der Waals surface area (Å²) in [4.78, 5) is 10.3. The van der Waals surface area contributed by atoms with Crippen molar-refractivity contribution < 1.29 is 0 Å². The molecule has 0 atom stereocenters. The van der Waals surface area contributed by atoms with Crippen molar-refractivity contribution in [3.63, 3.8) is 0 Å². The summed E-state index contributed by atoms with van der Waals surface area (Å²) in [5.74, 6) is 0. The maximum atomic E-state index is 3.92. The van der Waals surface area contributed by atoms with E-state index >= 15 is 0 Å². The quantitative estimate of drug-likeness (QED) is 0.126. The maximum Gasteiger partial charge on any atom is 0.0544 e. The lowest BCUT2D eigenvalue weighted by molar-refractivity contribution is 0.660. The topological polar surface area (TPSA) is 34.8 Å². The molecule has 4 aliphatic carbocycles. The highest BCUT2D eigenvalue weighted by Gasteiger charge is 2.41. The Labute approximate surface area is 637 Å². The monoisotopic (exact) mass is 1390 g/mol. The highest BCUT2D eigenvalue weighted by Crippen LogP contribution is 2.57. The predicted molar refractivity (Wildman–Crippen MR) is 458 cm³/mol. The van der Waals surface area contributed by atoms with Gasteiger partial charge >= 0.3 is 0 Å². The van der Waals surface area contributed by atoms with E-state index < -0.39 is 0 Å². The number of nitrogens with one attached hydrogen (secondary N) is 2. The molecule has 2 N–H and O–H groups in total. The average molecular weight is 1390 g/mol. The van der Waals surface area contributed by atoms with Gasteiger partial charge in [0.05, 0.1) is 11.4 Å². The highest BCUT2D eigenvalue weighted by molar-refractivity contribution is 6.10. The fraction of sp³-hybridized carbons (Fsp3) is 0.0943. The van der Waals surface area contributed by atoms with Crippen LogP contribution in [0.25, 0.3) is 144 Å². The number of aromatic amines is 2. The van der Waals surface area contributed by atoms with Gasteiger partial charge in [0.2, 0.25) is 0 Å². The molecule has 0 aliphatic heterocycles. The number of rotatable bonds is 12. The molecule has 0 saturated heterocycles. The van der Waals surface area contributed by atoms with Crippen LogP contribution in [0.2, 0.25) is 0 Å². The molecule has 109 heavy (non-hydrogen) atoms. The van der Waals surface area contributed by atoms with Crippen molar-refractivity contribution in [2.45, 2.75) is 64.2 Å². The van der Waals surface area contributed by atoms with E-state index in [1.807, 2.05) is 0 Å². The minimum Gasteiger partial charge on any atom is -0.354 e. The molecule has 0 unspecified atom stereocenters. The number of anilines is 3. The number of hydrogen-bond acceptors (Lipinski definition) is 1. The van der Waals surface area contributed by atoms with Crippen LogP contribution in [0.1, 0.15) is 97.2 Å². The Balaban J connectivity index is 0.629. The van der Waals surface area contributed by atoms with Crippen LogP contribution in [-0.2, 0) is 22.7 Å². The number of fused-ring (bicyclic) bond motifs is 12. The van der Waals surface area contributed by atoms with E-state index in [2.05, 4.69) is 402 Å². The lowest BCUT2D eigenvalue weighted by Crippen LogP contribution is -2.15. The van der Waals surface area contributed by atoms with Crippen LogP contribution < -0.4 is 4.90 Å². The summed E-state index contributed by atoms with van der Waals surface area (Å²) in [5, 5.41) is 2.48. The number of nitrogens with zero attached hydrogens (tertiary/aromatic N) is 1. The summed E-state index contributed by atoms with van der Waals surface area (Å²) in [5.41, 5.74) is 45.8. The van der Waals surface area contributed by atoms with Gasteiger partial charge in [-0.25, -0.2) is 0 Å². The van der Waals surface area contributed by atoms with Gasteiger partial charge in [0, 0.05) is 66.2 Å². The molecular formula is C106H79N3. The van der Waals surface area contributed by atoms with E-state index in [9.17, 15) is 0 Å². The summed E-state index contributed by atoms with van der Waals surface area (Å²) in [7, 11) is 0. The Morgan fingerprint density at radius 3 is 0.908 bits per heavy atom. The maximum absolute atomic E-state index is 3.92. The Bertz CT molecular complexity index is 6280. The lowest BCUT2D eigenvalue weighted by Gasteiger charge is -2.26. The van der Waals surface area contributed by atoms with Crippen molar-refractivity contribution in [2.24, 2.45) is 0 Å². The zero-order valence-corrected chi connectivity index (χ0v) is 62.1. The lowest BCUT2D eigenvalue weighted by atomic mass is 9.80. The van der Waals surface area contributed by atoms with Gasteiger partial charge in [0.25, 0.3) is 0 Å². The molecule has 0 radical (unpaired) electrons. The van der Waals surface area contributed by atoms with Gasteiger partial charge in [-0.15, -0.1) is 0 Å².